The first kappa shape index (κ1) is 26.8. The van der Waals surface area contributed by atoms with Crippen molar-refractivity contribution in [3.8, 4) is 0 Å². The Morgan fingerprint density at radius 3 is 2.66 bits per heavy atom. The van der Waals surface area contributed by atoms with Crippen LogP contribution < -0.4 is 21.3 Å². The van der Waals surface area contributed by atoms with Crippen LogP contribution in [-0.2, 0) is 10.2 Å². The minimum absolute atomic E-state index is 0.0219. The summed E-state index contributed by atoms with van der Waals surface area (Å²) in [6.45, 7) is 14.7. The van der Waals surface area contributed by atoms with Crippen LogP contribution in [0.15, 0.2) is 66.4 Å². The Hall–Kier alpha value is -4.24. The molecule has 9 heteroatoms. The number of nitrogens with one attached hydrogen (secondary N) is 2. The molecule has 0 spiro atoms. The predicted octanol–water partition coefficient (Wildman–Crippen LogP) is 4.76. The average Bonchev–Trinajstić information content (AvgIpc) is 2.90. The number of nitrogens with zero attached hydrogens (tertiary/aromatic N) is 4. The standard InChI is InChI=1S/C29H35N7O2/c1-6-31-24-18-32-28(36-12-14-38-15-13-36)35-25(24)26(30)34-23-16-20(11-10-19(23)2)27(37)33-22-9-7-8-21(17-22)29(3,4)5/h6-11,16-18,31H,1,12-15H2,2-5H3,(H2,30,34)(H,33,37). The van der Waals surface area contributed by atoms with Crippen LogP contribution in [0.1, 0.15) is 48.0 Å². The van der Waals surface area contributed by atoms with Crippen molar-refractivity contribution in [2.24, 2.45) is 10.7 Å². The molecule has 2 aromatic carbocycles. The summed E-state index contributed by atoms with van der Waals surface area (Å²) in [7, 11) is 0. The lowest BCUT2D eigenvalue weighted by molar-refractivity contribution is 0.102. The number of aliphatic imine (C=N–C) groups is 1. The van der Waals surface area contributed by atoms with Gasteiger partial charge >= 0.3 is 0 Å². The number of morpholine rings is 1. The van der Waals surface area contributed by atoms with Crippen molar-refractivity contribution in [3.63, 3.8) is 0 Å². The van der Waals surface area contributed by atoms with Crippen molar-refractivity contribution in [3.05, 3.63) is 83.8 Å². The molecule has 0 bridgehead atoms. The second-order valence-electron chi connectivity index (χ2n) is 10.2. The molecule has 0 aliphatic carbocycles. The van der Waals surface area contributed by atoms with Gasteiger partial charge in [0.15, 0.2) is 5.84 Å². The van der Waals surface area contributed by atoms with Gasteiger partial charge in [0, 0.05) is 24.3 Å². The summed E-state index contributed by atoms with van der Waals surface area (Å²) >= 11 is 0. The Kier molecular flexibility index (Phi) is 8.07. The molecule has 1 aliphatic rings. The van der Waals surface area contributed by atoms with Gasteiger partial charge < -0.3 is 26.0 Å². The van der Waals surface area contributed by atoms with Crippen molar-refractivity contribution in [1.29, 1.82) is 0 Å². The molecule has 1 saturated heterocycles. The molecule has 4 rings (SSSR count). The summed E-state index contributed by atoms with van der Waals surface area (Å²) in [5, 5.41) is 6.03. The number of amidine groups is 1. The summed E-state index contributed by atoms with van der Waals surface area (Å²) in [4.78, 5) is 29.0. The average molecular weight is 514 g/mol. The summed E-state index contributed by atoms with van der Waals surface area (Å²) < 4.78 is 5.44. The number of ether oxygens (including phenoxy) is 1. The Labute approximate surface area is 223 Å². The second kappa shape index (κ2) is 11.4. The zero-order chi connectivity index (χ0) is 27.3. The second-order valence-corrected chi connectivity index (χ2v) is 10.2. The van der Waals surface area contributed by atoms with Gasteiger partial charge in [-0.25, -0.2) is 15.0 Å². The number of aromatic nitrogens is 2. The highest BCUT2D eigenvalue weighted by molar-refractivity contribution is 6.06. The molecule has 0 saturated carbocycles. The van der Waals surface area contributed by atoms with Crippen molar-refractivity contribution < 1.29 is 9.53 Å². The molecule has 1 amide bonds. The van der Waals surface area contributed by atoms with Gasteiger partial charge in [-0.05, 0) is 53.9 Å². The summed E-state index contributed by atoms with van der Waals surface area (Å²) in [6, 6.07) is 13.3. The molecule has 1 fully saturated rings. The maximum absolute atomic E-state index is 13.1. The van der Waals surface area contributed by atoms with E-state index in [9.17, 15) is 4.79 Å². The van der Waals surface area contributed by atoms with Gasteiger partial charge in [0.2, 0.25) is 5.95 Å². The van der Waals surface area contributed by atoms with Crippen LogP contribution in [0.5, 0.6) is 0 Å². The molecular weight excluding hydrogens is 478 g/mol. The Bertz CT molecular complexity index is 1360. The number of hydrogen-bond donors (Lipinski definition) is 3. The van der Waals surface area contributed by atoms with E-state index < -0.39 is 0 Å². The topological polar surface area (TPSA) is 118 Å². The molecule has 3 aromatic rings. The van der Waals surface area contributed by atoms with Crippen molar-refractivity contribution in [1.82, 2.24) is 9.97 Å². The van der Waals surface area contributed by atoms with E-state index in [1.54, 1.807) is 18.3 Å². The van der Waals surface area contributed by atoms with E-state index in [0.29, 0.717) is 54.9 Å². The highest BCUT2D eigenvalue weighted by Crippen LogP contribution is 2.26. The summed E-state index contributed by atoms with van der Waals surface area (Å²) in [6.07, 6.45) is 3.20. The lowest BCUT2D eigenvalue weighted by atomic mass is 9.87. The van der Waals surface area contributed by atoms with Gasteiger partial charge in [-0.2, -0.15) is 0 Å². The van der Waals surface area contributed by atoms with Crippen molar-refractivity contribution in [2.45, 2.75) is 33.1 Å². The van der Waals surface area contributed by atoms with Gasteiger partial charge in [0.05, 0.1) is 30.8 Å². The molecule has 198 valence electrons. The van der Waals surface area contributed by atoms with Crippen LogP contribution in [0, 0.1) is 6.92 Å². The Balaban J connectivity index is 1.62. The van der Waals surface area contributed by atoms with Gasteiger partial charge in [-0.1, -0.05) is 45.5 Å². The SMILES string of the molecule is C=CNc1cnc(N2CCOCC2)nc1C(N)=Nc1cc(C(=O)Nc2cccc(C(C)(C)C)c2)ccc1C. The number of hydrogen-bond acceptors (Lipinski definition) is 7. The first-order valence-electron chi connectivity index (χ1n) is 12.6. The minimum atomic E-state index is -0.225. The van der Waals surface area contributed by atoms with Crippen LogP contribution in [0.3, 0.4) is 0 Å². The number of nitrogens with two attached hydrogens (primary N) is 1. The lowest BCUT2D eigenvalue weighted by Crippen LogP contribution is -2.37. The zero-order valence-electron chi connectivity index (χ0n) is 22.4. The molecule has 1 aliphatic heterocycles. The fourth-order valence-electron chi connectivity index (χ4n) is 4.02. The monoisotopic (exact) mass is 513 g/mol. The summed E-state index contributed by atoms with van der Waals surface area (Å²) in [5.74, 6) is 0.528. The van der Waals surface area contributed by atoms with Crippen molar-refractivity contribution >= 4 is 34.8 Å². The smallest absolute Gasteiger partial charge is 0.255 e. The number of carbonyl (C=O) groups is 1. The van der Waals surface area contributed by atoms with Crippen LogP contribution in [0.25, 0.3) is 0 Å². The third-order valence-electron chi connectivity index (χ3n) is 6.27. The van der Waals surface area contributed by atoms with Crippen LogP contribution in [0.4, 0.5) is 23.0 Å². The summed E-state index contributed by atoms with van der Waals surface area (Å²) in [5.41, 5.74) is 11.3. The molecule has 4 N–H and O–H groups in total. The molecule has 38 heavy (non-hydrogen) atoms. The Morgan fingerprint density at radius 1 is 1.18 bits per heavy atom. The number of benzene rings is 2. The number of carbonyl (C=O) groups excluding carboxylic acids is 1. The largest absolute Gasteiger partial charge is 0.382 e. The van der Waals surface area contributed by atoms with Gasteiger partial charge in [0.1, 0.15) is 5.69 Å². The molecule has 0 unspecified atom stereocenters. The van der Waals surface area contributed by atoms with E-state index in [4.69, 9.17) is 15.5 Å². The highest BCUT2D eigenvalue weighted by Gasteiger charge is 2.19. The van der Waals surface area contributed by atoms with E-state index >= 15 is 0 Å². The third-order valence-corrected chi connectivity index (χ3v) is 6.27. The molecular formula is C29H35N7O2. The normalized spacial score (nSPS) is 14.2. The van der Waals surface area contributed by atoms with Gasteiger partial charge in [-0.15, -0.1) is 0 Å². The predicted molar refractivity (Wildman–Crippen MR) is 154 cm³/mol. The third kappa shape index (κ3) is 6.36. The van der Waals surface area contributed by atoms with Gasteiger partial charge in [0.25, 0.3) is 5.91 Å². The van der Waals surface area contributed by atoms with Crippen molar-refractivity contribution in [2.75, 3.05) is 41.8 Å². The molecule has 0 radical (unpaired) electrons. The fourth-order valence-corrected chi connectivity index (χ4v) is 4.02. The quantitative estimate of drug-likeness (QED) is 0.308. The Morgan fingerprint density at radius 2 is 1.95 bits per heavy atom. The van der Waals surface area contributed by atoms with E-state index in [2.05, 4.69) is 54.0 Å². The number of aryl methyl sites for hydroxylation is 1. The van der Waals surface area contributed by atoms with Crippen LogP contribution >= 0.6 is 0 Å². The zero-order valence-corrected chi connectivity index (χ0v) is 22.4. The van der Waals surface area contributed by atoms with Crippen LogP contribution in [-0.4, -0.2) is 48.0 Å². The molecule has 0 atom stereocenters. The number of rotatable bonds is 7. The van der Waals surface area contributed by atoms with E-state index in [0.717, 1.165) is 16.8 Å². The van der Waals surface area contributed by atoms with E-state index in [1.165, 1.54) is 6.20 Å². The maximum Gasteiger partial charge on any atom is 0.255 e. The highest BCUT2D eigenvalue weighted by atomic mass is 16.5. The van der Waals surface area contributed by atoms with E-state index in [-0.39, 0.29) is 17.2 Å². The fraction of sp³-hybridized carbons (Fsp3) is 0.310. The lowest BCUT2D eigenvalue weighted by Gasteiger charge is -2.27. The number of anilines is 3. The molecule has 1 aromatic heterocycles. The van der Waals surface area contributed by atoms with Gasteiger partial charge in [-0.3, -0.25) is 4.79 Å². The first-order valence-corrected chi connectivity index (χ1v) is 12.6. The minimum Gasteiger partial charge on any atom is -0.382 e. The maximum atomic E-state index is 13.1. The van der Waals surface area contributed by atoms with Crippen LogP contribution in [0.2, 0.25) is 0 Å². The number of amides is 1. The molecule has 9 nitrogen and oxygen atoms in total. The molecule has 2 heterocycles. The first-order chi connectivity index (χ1) is 18.2. The van der Waals surface area contributed by atoms with E-state index in [1.807, 2.05) is 36.1 Å².